The van der Waals surface area contributed by atoms with Crippen LogP contribution in [-0.4, -0.2) is 54.1 Å². The molecule has 1 heterocycles. The highest BCUT2D eigenvalue weighted by Gasteiger charge is 2.59. The minimum atomic E-state index is -1.15. The van der Waals surface area contributed by atoms with Crippen molar-refractivity contribution in [1.82, 2.24) is 9.80 Å². The number of urea groups is 1. The number of methoxy groups -OCH3 is 2. The summed E-state index contributed by atoms with van der Waals surface area (Å²) in [5.41, 5.74) is 0.942. The van der Waals surface area contributed by atoms with E-state index >= 15 is 0 Å². The molecule has 2 aromatic carbocycles. The highest BCUT2D eigenvalue weighted by molar-refractivity contribution is 6.08. The highest BCUT2D eigenvalue weighted by Crippen LogP contribution is 2.43. The third-order valence-corrected chi connectivity index (χ3v) is 6.33. The maximum Gasteiger partial charge on any atom is 0.333 e. The Morgan fingerprint density at radius 2 is 1.47 bits per heavy atom. The SMILES string of the molecule is CCOC(=O)C1=CC[C@@]2(C1)C(=O)N(Cc1ccc(OC)cc1)C(=O)N2Cc1ccc(OC)cc1. The van der Waals surface area contributed by atoms with Crippen LogP contribution in [0.15, 0.2) is 60.2 Å². The van der Waals surface area contributed by atoms with Crippen LogP contribution in [-0.2, 0) is 27.4 Å². The molecule has 1 aliphatic carbocycles. The Morgan fingerprint density at radius 3 is 2.00 bits per heavy atom. The average molecular weight is 465 g/mol. The predicted octanol–water partition coefficient (Wildman–Crippen LogP) is 3.69. The molecule has 0 aromatic heterocycles. The zero-order chi connectivity index (χ0) is 24.3. The molecule has 0 saturated carbocycles. The van der Waals surface area contributed by atoms with Gasteiger partial charge in [0, 0.05) is 18.5 Å². The lowest BCUT2D eigenvalue weighted by Gasteiger charge is -2.31. The molecule has 0 N–H and O–H groups in total. The number of nitrogens with zero attached hydrogens (tertiary/aromatic N) is 2. The van der Waals surface area contributed by atoms with E-state index in [1.807, 2.05) is 36.4 Å². The Labute approximate surface area is 198 Å². The lowest BCUT2D eigenvalue weighted by molar-refractivity contribution is -0.139. The first-order valence-electron chi connectivity index (χ1n) is 11.2. The Balaban J connectivity index is 1.63. The zero-order valence-corrected chi connectivity index (χ0v) is 19.6. The van der Waals surface area contributed by atoms with Gasteiger partial charge in [0.2, 0.25) is 0 Å². The van der Waals surface area contributed by atoms with Crippen LogP contribution in [0.5, 0.6) is 11.5 Å². The van der Waals surface area contributed by atoms with E-state index in [0.717, 1.165) is 11.1 Å². The van der Waals surface area contributed by atoms with Crippen LogP contribution in [0.3, 0.4) is 0 Å². The molecule has 1 aliphatic heterocycles. The molecule has 0 bridgehead atoms. The van der Waals surface area contributed by atoms with Crippen molar-refractivity contribution in [2.45, 2.75) is 38.4 Å². The normalized spacial score (nSPS) is 19.6. The Bertz CT molecular complexity index is 1110. The lowest BCUT2D eigenvalue weighted by Crippen LogP contribution is -2.47. The number of hydrogen-bond donors (Lipinski definition) is 0. The van der Waals surface area contributed by atoms with E-state index in [4.69, 9.17) is 14.2 Å². The fraction of sp³-hybridized carbons (Fsp3) is 0.346. The average Bonchev–Trinajstić information content (AvgIpc) is 3.38. The fourth-order valence-electron chi connectivity index (χ4n) is 4.47. The van der Waals surface area contributed by atoms with Crippen LogP contribution in [0.4, 0.5) is 4.79 Å². The van der Waals surface area contributed by atoms with Gasteiger partial charge in [-0.1, -0.05) is 30.3 Å². The molecule has 2 aromatic rings. The van der Waals surface area contributed by atoms with E-state index in [-0.39, 0.29) is 44.5 Å². The molecule has 178 valence electrons. The molecule has 1 saturated heterocycles. The van der Waals surface area contributed by atoms with Gasteiger partial charge in [-0.05, 0) is 48.7 Å². The van der Waals surface area contributed by atoms with Crippen LogP contribution in [0, 0.1) is 0 Å². The molecule has 4 rings (SSSR count). The van der Waals surface area contributed by atoms with Crippen molar-refractivity contribution in [1.29, 1.82) is 0 Å². The van der Waals surface area contributed by atoms with E-state index in [9.17, 15) is 14.4 Å². The van der Waals surface area contributed by atoms with Gasteiger partial charge in [0.25, 0.3) is 5.91 Å². The molecule has 2 aliphatic rings. The van der Waals surface area contributed by atoms with E-state index in [2.05, 4.69) is 0 Å². The molecule has 0 unspecified atom stereocenters. The van der Waals surface area contributed by atoms with Crippen LogP contribution < -0.4 is 9.47 Å². The van der Waals surface area contributed by atoms with Crippen molar-refractivity contribution < 1.29 is 28.6 Å². The van der Waals surface area contributed by atoms with E-state index in [1.165, 1.54) is 4.90 Å². The van der Waals surface area contributed by atoms with Gasteiger partial charge in [0.05, 0.1) is 27.4 Å². The van der Waals surface area contributed by atoms with Gasteiger partial charge in [0.15, 0.2) is 0 Å². The third kappa shape index (κ3) is 4.23. The van der Waals surface area contributed by atoms with Crippen LogP contribution in [0.2, 0.25) is 0 Å². The summed E-state index contributed by atoms with van der Waals surface area (Å²) < 4.78 is 15.6. The number of benzene rings is 2. The first-order valence-corrected chi connectivity index (χ1v) is 11.2. The maximum atomic E-state index is 13.7. The smallest absolute Gasteiger partial charge is 0.333 e. The van der Waals surface area contributed by atoms with Crippen LogP contribution in [0.1, 0.15) is 30.9 Å². The second kappa shape index (κ2) is 9.59. The summed E-state index contributed by atoms with van der Waals surface area (Å²) in [6.45, 7) is 2.35. The summed E-state index contributed by atoms with van der Waals surface area (Å²) in [6.07, 6.45) is 2.12. The number of hydrogen-bond acceptors (Lipinski definition) is 6. The summed E-state index contributed by atoms with van der Waals surface area (Å²) >= 11 is 0. The van der Waals surface area contributed by atoms with Crippen LogP contribution in [0.25, 0.3) is 0 Å². The standard InChI is InChI=1S/C26H28N2O6/c1-4-34-23(29)20-13-14-26(15-20)24(30)27(16-18-5-9-21(32-2)10-6-18)25(31)28(26)17-19-7-11-22(33-3)12-8-19/h5-13H,4,14-17H2,1-3H3/t26-/m1/s1. The van der Waals surface area contributed by atoms with Gasteiger partial charge in [-0.2, -0.15) is 0 Å². The summed E-state index contributed by atoms with van der Waals surface area (Å²) in [5, 5.41) is 0. The quantitative estimate of drug-likeness (QED) is 0.438. The molecular weight excluding hydrogens is 436 g/mol. The first kappa shape index (κ1) is 23.4. The molecule has 1 atom stereocenters. The summed E-state index contributed by atoms with van der Waals surface area (Å²) in [7, 11) is 3.17. The molecule has 1 fully saturated rings. The molecule has 3 amide bonds. The molecule has 34 heavy (non-hydrogen) atoms. The molecule has 8 nitrogen and oxygen atoms in total. The second-order valence-corrected chi connectivity index (χ2v) is 8.32. The minimum Gasteiger partial charge on any atom is -0.497 e. The van der Waals surface area contributed by atoms with Crippen LogP contribution >= 0.6 is 0 Å². The van der Waals surface area contributed by atoms with Gasteiger partial charge in [-0.15, -0.1) is 0 Å². The van der Waals surface area contributed by atoms with Crippen molar-refractivity contribution in [2.75, 3.05) is 20.8 Å². The van der Waals surface area contributed by atoms with Gasteiger partial charge in [0.1, 0.15) is 17.0 Å². The number of carbonyl (C=O) groups is 3. The largest absolute Gasteiger partial charge is 0.497 e. The Kier molecular flexibility index (Phi) is 6.58. The highest BCUT2D eigenvalue weighted by atomic mass is 16.5. The second-order valence-electron chi connectivity index (χ2n) is 8.32. The monoisotopic (exact) mass is 464 g/mol. The molecule has 0 radical (unpaired) electrons. The fourth-order valence-corrected chi connectivity index (χ4v) is 4.47. The van der Waals surface area contributed by atoms with Gasteiger partial charge >= 0.3 is 12.0 Å². The number of amides is 3. The summed E-state index contributed by atoms with van der Waals surface area (Å²) in [4.78, 5) is 42.6. The van der Waals surface area contributed by atoms with Crippen molar-refractivity contribution in [2.24, 2.45) is 0 Å². The number of imide groups is 1. The molecular formula is C26H28N2O6. The number of esters is 1. The number of ether oxygens (including phenoxy) is 3. The molecule has 8 heteroatoms. The van der Waals surface area contributed by atoms with Gasteiger partial charge in [-0.3, -0.25) is 9.69 Å². The van der Waals surface area contributed by atoms with Crippen molar-refractivity contribution in [3.8, 4) is 11.5 Å². The third-order valence-electron chi connectivity index (χ3n) is 6.33. The lowest BCUT2D eigenvalue weighted by atomic mass is 9.92. The van der Waals surface area contributed by atoms with E-state index in [0.29, 0.717) is 17.1 Å². The number of carbonyl (C=O) groups excluding carboxylic acids is 3. The number of rotatable bonds is 8. The van der Waals surface area contributed by atoms with Gasteiger partial charge < -0.3 is 19.1 Å². The summed E-state index contributed by atoms with van der Waals surface area (Å²) in [6, 6.07) is 14.2. The Morgan fingerprint density at radius 1 is 0.912 bits per heavy atom. The van der Waals surface area contributed by atoms with Gasteiger partial charge in [-0.25, -0.2) is 9.59 Å². The topological polar surface area (TPSA) is 85.4 Å². The maximum absolute atomic E-state index is 13.7. The van der Waals surface area contributed by atoms with Crippen molar-refractivity contribution in [3.05, 3.63) is 71.3 Å². The van der Waals surface area contributed by atoms with E-state index < -0.39 is 11.5 Å². The molecule has 1 spiro atoms. The zero-order valence-electron chi connectivity index (χ0n) is 19.6. The minimum absolute atomic E-state index is 0.131. The predicted molar refractivity (Wildman–Crippen MR) is 124 cm³/mol. The van der Waals surface area contributed by atoms with Crippen molar-refractivity contribution >= 4 is 17.9 Å². The first-order chi connectivity index (χ1) is 16.4. The Hall–Kier alpha value is -3.81. The van der Waals surface area contributed by atoms with E-state index in [1.54, 1.807) is 44.3 Å². The van der Waals surface area contributed by atoms with Crippen molar-refractivity contribution in [3.63, 3.8) is 0 Å². The summed E-state index contributed by atoms with van der Waals surface area (Å²) in [5.74, 6) is 0.644.